The van der Waals surface area contributed by atoms with Crippen molar-refractivity contribution >= 4 is 5.91 Å². The zero-order chi connectivity index (χ0) is 26.0. The minimum atomic E-state index is -0.0903. The van der Waals surface area contributed by atoms with Gasteiger partial charge in [-0.1, -0.05) is 103 Å². The van der Waals surface area contributed by atoms with Gasteiger partial charge >= 0.3 is 0 Å². The summed E-state index contributed by atoms with van der Waals surface area (Å²) in [6.07, 6.45) is 6.47. The molecule has 0 saturated carbocycles. The fraction of sp³-hybridized carbons (Fsp3) is 0.206. The van der Waals surface area contributed by atoms with Crippen LogP contribution in [0.2, 0.25) is 0 Å². The maximum absolute atomic E-state index is 13.1. The normalized spacial score (nSPS) is 15.7. The number of allylic oxidation sites excluding steroid dienone is 1. The van der Waals surface area contributed by atoms with Gasteiger partial charge in [-0.15, -0.1) is 0 Å². The van der Waals surface area contributed by atoms with Crippen LogP contribution in [0, 0.1) is 0 Å². The Kier molecular flexibility index (Phi) is 8.65. The lowest BCUT2D eigenvalue weighted by molar-refractivity contribution is 0.0935. The Hall–Kier alpha value is -4.15. The number of ether oxygens (including phenoxy) is 1. The van der Waals surface area contributed by atoms with Gasteiger partial charge in [-0.3, -0.25) is 9.69 Å². The summed E-state index contributed by atoms with van der Waals surface area (Å²) >= 11 is 0. The van der Waals surface area contributed by atoms with Crippen molar-refractivity contribution in [1.82, 2.24) is 10.2 Å². The molecule has 5 rings (SSSR count). The fourth-order valence-electron chi connectivity index (χ4n) is 5.03. The highest BCUT2D eigenvalue weighted by molar-refractivity contribution is 5.97. The molecule has 0 radical (unpaired) electrons. The van der Waals surface area contributed by atoms with Crippen LogP contribution in [-0.4, -0.2) is 36.5 Å². The second-order valence-corrected chi connectivity index (χ2v) is 9.71. The number of hydrogen-bond acceptors (Lipinski definition) is 3. The first-order valence-electron chi connectivity index (χ1n) is 13.4. The molecular formula is C34H34N2O2. The molecule has 1 aliphatic heterocycles. The van der Waals surface area contributed by atoms with Crippen LogP contribution in [0.5, 0.6) is 11.5 Å². The largest absolute Gasteiger partial charge is 0.457 e. The summed E-state index contributed by atoms with van der Waals surface area (Å²) in [5.41, 5.74) is 3.23. The van der Waals surface area contributed by atoms with E-state index in [1.165, 1.54) is 11.1 Å². The molecule has 1 atom stereocenters. The Morgan fingerprint density at radius 2 is 1.42 bits per heavy atom. The number of nitrogens with one attached hydrogen (secondary N) is 1. The number of amides is 1. The van der Waals surface area contributed by atoms with Crippen molar-refractivity contribution in [3.05, 3.63) is 144 Å². The second kappa shape index (κ2) is 12.9. The van der Waals surface area contributed by atoms with Gasteiger partial charge in [0.15, 0.2) is 0 Å². The van der Waals surface area contributed by atoms with Crippen LogP contribution in [0.25, 0.3) is 0 Å². The summed E-state index contributed by atoms with van der Waals surface area (Å²) in [7, 11) is 0. The molecule has 4 nitrogen and oxygen atoms in total. The third-order valence-corrected chi connectivity index (χ3v) is 7.02. The average Bonchev–Trinajstić information content (AvgIpc) is 3.42. The Morgan fingerprint density at radius 1 is 0.816 bits per heavy atom. The van der Waals surface area contributed by atoms with Gasteiger partial charge in [0.25, 0.3) is 5.91 Å². The summed E-state index contributed by atoms with van der Waals surface area (Å²) in [5.74, 6) is 1.54. The number of nitrogens with zero attached hydrogens (tertiary/aromatic N) is 1. The zero-order valence-corrected chi connectivity index (χ0v) is 21.6. The lowest BCUT2D eigenvalue weighted by Gasteiger charge is -2.17. The van der Waals surface area contributed by atoms with Crippen molar-refractivity contribution in [2.75, 3.05) is 19.6 Å². The molecule has 1 saturated heterocycles. The molecule has 4 aromatic rings. The molecule has 4 heteroatoms. The van der Waals surface area contributed by atoms with Gasteiger partial charge in [0, 0.05) is 31.6 Å². The van der Waals surface area contributed by atoms with Gasteiger partial charge in [0.05, 0.1) is 5.56 Å². The molecule has 1 unspecified atom stereocenters. The van der Waals surface area contributed by atoms with Gasteiger partial charge < -0.3 is 10.1 Å². The van der Waals surface area contributed by atoms with Crippen LogP contribution in [0.15, 0.2) is 127 Å². The highest BCUT2D eigenvalue weighted by Crippen LogP contribution is 2.28. The van der Waals surface area contributed by atoms with E-state index in [0.717, 1.165) is 32.5 Å². The quantitative estimate of drug-likeness (QED) is 0.236. The molecule has 1 amide bonds. The average molecular weight is 503 g/mol. The SMILES string of the molecule is O=C(NC1CCN(C/C=C/CC(c2ccccc2)c2ccccc2)C1)c1ccccc1Oc1ccccc1. The molecule has 0 spiro atoms. The van der Waals surface area contributed by atoms with Crippen LogP contribution >= 0.6 is 0 Å². The van der Waals surface area contributed by atoms with Crippen molar-refractivity contribution in [3.8, 4) is 11.5 Å². The Balaban J connectivity index is 1.14. The Bertz CT molecular complexity index is 1280. The third-order valence-electron chi connectivity index (χ3n) is 7.02. The van der Waals surface area contributed by atoms with E-state index in [1.54, 1.807) is 0 Å². The summed E-state index contributed by atoms with van der Waals surface area (Å²) < 4.78 is 5.98. The van der Waals surface area contributed by atoms with Crippen molar-refractivity contribution in [2.45, 2.75) is 24.8 Å². The minimum Gasteiger partial charge on any atom is -0.457 e. The van der Waals surface area contributed by atoms with Crippen molar-refractivity contribution in [3.63, 3.8) is 0 Å². The van der Waals surface area contributed by atoms with Gasteiger partial charge in [0.1, 0.15) is 11.5 Å². The van der Waals surface area contributed by atoms with Gasteiger partial charge in [-0.2, -0.15) is 0 Å². The first-order chi connectivity index (χ1) is 18.8. The topological polar surface area (TPSA) is 41.6 Å². The molecule has 0 aromatic heterocycles. The number of rotatable bonds is 10. The molecule has 38 heavy (non-hydrogen) atoms. The molecule has 192 valence electrons. The van der Waals surface area contributed by atoms with E-state index in [9.17, 15) is 4.79 Å². The molecule has 1 aliphatic rings. The van der Waals surface area contributed by atoms with Crippen molar-refractivity contribution in [1.29, 1.82) is 0 Å². The van der Waals surface area contributed by atoms with E-state index < -0.39 is 0 Å². The van der Waals surface area contributed by atoms with Gasteiger partial charge in [-0.25, -0.2) is 0 Å². The lowest BCUT2D eigenvalue weighted by atomic mass is 9.88. The number of carbonyl (C=O) groups excluding carboxylic acids is 1. The standard InChI is InChI=1S/C34H34N2O2/c37-34(32-21-10-11-22-33(32)38-30-18-8-3-9-19-30)35-29-23-25-36(26-29)24-13-12-20-31(27-14-4-1-5-15-27)28-16-6-2-7-17-28/h1-19,21-22,29,31H,20,23-26H2,(H,35,37)/b13-12+. The molecule has 1 fully saturated rings. The number of para-hydroxylation sites is 2. The Labute approximate surface area is 225 Å². The highest BCUT2D eigenvalue weighted by Gasteiger charge is 2.24. The maximum atomic E-state index is 13.1. The number of carbonyl (C=O) groups is 1. The van der Waals surface area contributed by atoms with E-state index in [-0.39, 0.29) is 11.9 Å². The second-order valence-electron chi connectivity index (χ2n) is 9.71. The minimum absolute atomic E-state index is 0.0903. The predicted molar refractivity (Wildman–Crippen MR) is 154 cm³/mol. The first-order valence-corrected chi connectivity index (χ1v) is 13.4. The summed E-state index contributed by atoms with van der Waals surface area (Å²) in [5, 5.41) is 3.22. The molecular weight excluding hydrogens is 468 g/mol. The van der Waals surface area contributed by atoms with Crippen LogP contribution in [0.3, 0.4) is 0 Å². The smallest absolute Gasteiger partial charge is 0.255 e. The van der Waals surface area contributed by atoms with Crippen LogP contribution < -0.4 is 10.1 Å². The number of hydrogen-bond donors (Lipinski definition) is 1. The van der Waals surface area contributed by atoms with E-state index in [2.05, 4.69) is 83.0 Å². The monoisotopic (exact) mass is 502 g/mol. The first kappa shape index (κ1) is 25.5. The third kappa shape index (κ3) is 6.78. The van der Waals surface area contributed by atoms with E-state index in [0.29, 0.717) is 23.0 Å². The number of benzene rings is 4. The van der Waals surface area contributed by atoms with E-state index >= 15 is 0 Å². The van der Waals surface area contributed by atoms with Crippen LogP contribution in [0.1, 0.15) is 40.2 Å². The van der Waals surface area contributed by atoms with Crippen molar-refractivity contribution < 1.29 is 9.53 Å². The summed E-state index contributed by atoms with van der Waals surface area (Å²) in [4.78, 5) is 15.5. The van der Waals surface area contributed by atoms with E-state index in [1.807, 2.05) is 54.6 Å². The van der Waals surface area contributed by atoms with Crippen molar-refractivity contribution in [2.24, 2.45) is 0 Å². The van der Waals surface area contributed by atoms with E-state index in [4.69, 9.17) is 4.74 Å². The number of likely N-dealkylation sites (tertiary alicyclic amines) is 1. The maximum Gasteiger partial charge on any atom is 0.255 e. The molecule has 0 aliphatic carbocycles. The fourth-order valence-corrected chi connectivity index (χ4v) is 5.03. The lowest BCUT2D eigenvalue weighted by Crippen LogP contribution is -2.37. The molecule has 4 aromatic carbocycles. The molecule has 0 bridgehead atoms. The molecule has 1 N–H and O–H groups in total. The van der Waals surface area contributed by atoms with Gasteiger partial charge in [-0.05, 0) is 48.2 Å². The van der Waals surface area contributed by atoms with Crippen LogP contribution in [-0.2, 0) is 0 Å². The highest BCUT2D eigenvalue weighted by atomic mass is 16.5. The predicted octanol–water partition coefficient (Wildman–Crippen LogP) is 7.06. The van der Waals surface area contributed by atoms with Gasteiger partial charge in [0.2, 0.25) is 0 Å². The zero-order valence-electron chi connectivity index (χ0n) is 21.6. The molecule has 1 heterocycles. The van der Waals surface area contributed by atoms with Crippen LogP contribution in [0.4, 0.5) is 0 Å². The summed E-state index contributed by atoms with van der Waals surface area (Å²) in [6.45, 7) is 2.70. The Morgan fingerprint density at radius 3 is 2.11 bits per heavy atom. The summed E-state index contributed by atoms with van der Waals surface area (Å²) in [6, 6.07) is 38.5.